The number of benzene rings is 2. The van der Waals surface area contributed by atoms with Gasteiger partial charge < -0.3 is 4.74 Å². The molecule has 3 heteroatoms. The van der Waals surface area contributed by atoms with Crippen LogP contribution < -0.4 is 4.74 Å². The summed E-state index contributed by atoms with van der Waals surface area (Å²) in [5, 5.41) is 0. The van der Waals surface area contributed by atoms with Crippen LogP contribution in [-0.2, 0) is 6.42 Å². The van der Waals surface area contributed by atoms with Crippen LogP contribution in [0.1, 0.15) is 17.5 Å². The van der Waals surface area contributed by atoms with Gasteiger partial charge in [0.1, 0.15) is 17.4 Å². The second-order valence-corrected chi connectivity index (χ2v) is 4.85. The Kier molecular flexibility index (Phi) is 2.97. The lowest BCUT2D eigenvalue weighted by Gasteiger charge is -2.21. The lowest BCUT2D eigenvalue weighted by atomic mass is 9.94. The average molecular weight is 260 g/mol. The molecule has 1 heterocycles. The number of rotatable bonds is 1. The molecule has 0 saturated heterocycles. The monoisotopic (exact) mass is 260 g/mol. The first-order valence-electron chi connectivity index (χ1n) is 6.37. The molecule has 0 fully saturated rings. The van der Waals surface area contributed by atoms with Crippen LogP contribution in [0.5, 0.6) is 5.75 Å². The highest BCUT2D eigenvalue weighted by atomic mass is 19.1. The summed E-state index contributed by atoms with van der Waals surface area (Å²) in [6.07, 6.45) is 1.69. The molecular formula is C16H14F2O. The number of ether oxygens (including phenoxy) is 1. The molecule has 2 aromatic rings. The van der Waals surface area contributed by atoms with Crippen LogP contribution in [0.15, 0.2) is 30.3 Å². The van der Waals surface area contributed by atoms with E-state index in [1.807, 2.05) is 6.92 Å². The zero-order chi connectivity index (χ0) is 13.4. The normalized spacial score (nSPS) is 13.8. The van der Waals surface area contributed by atoms with Crippen molar-refractivity contribution in [3.05, 3.63) is 53.1 Å². The largest absolute Gasteiger partial charge is 0.493 e. The molecule has 3 rings (SSSR count). The SMILES string of the molecule is Cc1ccc(F)cc1-c1cc(F)cc2c1OCCC2. The summed E-state index contributed by atoms with van der Waals surface area (Å²) in [6.45, 7) is 2.51. The summed E-state index contributed by atoms with van der Waals surface area (Å²) in [5.41, 5.74) is 3.11. The zero-order valence-electron chi connectivity index (χ0n) is 10.7. The second-order valence-electron chi connectivity index (χ2n) is 4.85. The highest BCUT2D eigenvalue weighted by Gasteiger charge is 2.19. The minimum absolute atomic E-state index is 0.303. The summed E-state index contributed by atoms with van der Waals surface area (Å²) in [7, 11) is 0. The van der Waals surface area contributed by atoms with Crippen LogP contribution in [0.2, 0.25) is 0 Å². The highest BCUT2D eigenvalue weighted by molar-refractivity contribution is 5.75. The van der Waals surface area contributed by atoms with Crippen molar-refractivity contribution in [2.75, 3.05) is 6.61 Å². The van der Waals surface area contributed by atoms with Gasteiger partial charge in [-0.3, -0.25) is 0 Å². The minimum Gasteiger partial charge on any atom is -0.493 e. The van der Waals surface area contributed by atoms with Crippen LogP contribution in [0.25, 0.3) is 11.1 Å². The standard InChI is InChI=1S/C16H14F2O/c1-10-4-5-12(17)8-14(10)15-9-13(18)7-11-3-2-6-19-16(11)15/h4-5,7-9H,2-3,6H2,1H3. The summed E-state index contributed by atoms with van der Waals surface area (Å²) < 4.78 is 32.8. The molecule has 98 valence electrons. The third-order valence-electron chi connectivity index (χ3n) is 3.46. The Morgan fingerprint density at radius 1 is 1.00 bits per heavy atom. The molecule has 0 spiro atoms. The molecule has 0 amide bonds. The lowest BCUT2D eigenvalue weighted by molar-refractivity contribution is 0.289. The molecule has 0 radical (unpaired) electrons. The van der Waals surface area contributed by atoms with Crippen molar-refractivity contribution in [1.82, 2.24) is 0 Å². The van der Waals surface area contributed by atoms with Crippen LogP contribution in [0, 0.1) is 18.6 Å². The molecule has 1 nitrogen and oxygen atoms in total. The maximum absolute atomic E-state index is 13.7. The van der Waals surface area contributed by atoms with Gasteiger partial charge in [0.15, 0.2) is 0 Å². The third kappa shape index (κ3) is 2.21. The topological polar surface area (TPSA) is 9.23 Å². The van der Waals surface area contributed by atoms with Crippen molar-refractivity contribution in [2.45, 2.75) is 19.8 Å². The van der Waals surface area contributed by atoms with Gasteiger partial charge >= 0.3 is 0 Å². The van der Waals surface area contributed by atoms with Crippen molar-refractivity contribution in [3.63, 3.8) is 0 Å². The number of halogens is 2. The molecule has 0 aromatic heterocycles. The van der Waals surface area contributed by atoms with Crippen molar-refractivity contribution in [1.29, 1.82) is 0 Å². The fourth-order valence-corrected chi connectivity index (χ4v) is 2.53. The Balaban J connectivity index is 2.24. The van der Waals surface area contributed by atoms with E-state index >= 15 is 0 Å². The van der Waals surface area contributed by atoms with E-state index in [1.54, 1.807) is 6.07 Å². The average Bonchev–Trinajstić information content (AvgIpc) is 2.40. The van der Waals surface area contributed by atoms with E-state index in [9.17, 15) is 8.78 Å². The van der Waals surface area contributed by atoms with E-state index in [-0.39, 0.29) is 11.6 Å². The van der Waals surface area contributed by atoms with Crippen molar-refractivity contribution >= 4 is 0 Å². The molecule has 0 aliphatic carbocycles. The van der Waals surface area contributed by atoms with Gasteiger partial charge in [-0.2, -0.15) is 0 Å². The Hall–Kier alpha value is -1.90. The summed E-state index contributed by atoms with van der Waals surface area (Å²) in [6, 6.07) is 7.47. The highest BCUT2D eigenvalue weighted by Crippen LogP contribution is 2.38. The van der Waals surface area contributed by atoms with E-state index < -0.39 is 0 Å². The fraction of sp³-hybridized carbons (Fsp3) is 0.250. The molecular weight excluding hydrogens is 246 g/mol. The summed E-state index contributed by atoms with van der Waals surface area (Å²) in [5.74, 6) is 0.0682. The Labute approximate surface area is 110 Å². The lowest BCUT2D eigenvalue weighted by Crippen LogP contribution is -2.10. The third-order valence-corrected chi connectivity index (χ3v) is 3.46. The number of aryl methyl sites for hydroxylation is 2. The van der Waals surface area contributed by atoms with E-state index in [2.05, 4.69) is 0 Å². The fourth-order valence-electron chi connectivity index (χ4n) is 2.53. The predicted molar refractivity (Wildman–Crippen MR) is 70.3 cm³/mol. The maximum atomic E-state index is 13.7. The zero-order valence-corrected chi connectivity index (χ0v) is 10.7. The van der Waals surface area contributed by atoms with E-state index in [4.69, 9.17) is 4.74 Å². The van der Waals surface area contributed by atoms with Gasteiger partial charge in [0.05, 0.1) is 6.61 Å². The van der Waals surface area contributed by atoms with Gasteiger partial charge in [-0.05, 0) is 60.7 Å². The second kappa shape index (κ2) is 4.65. The van der Waals surface area contributed by atoms with Gasteiger partial charge in [0.25, 0.3) is 0 Å². The minimum atomic E-state index is -0.325. The molecule has 0 atom stereocenters. The van der Waals surface area contributed by atoms with E-state index in [0.29, 0.717) is 23.5 Å². The quantitative estimate of drug-likeness (QED) is 0.744. The number of fused-ring (bicyclic) bond motifs is 1. The number of hydrogen-bond acceptors (Lipinski definition) is 1. The Bertz CT molecular complexity index is 635. The smallest absolute Gasteiger partial charge is 0.130 e. The molecule has 19 heavy (non-hydrogen) atoms. The molecule has 1 aliphatic rings. The Morgan fingerprint density at radius 2 is 1.79 bits per heavy atom. The molecule has 0 N–H and O–H groups in total. The van der Waals surface area contributed by atoms with E-state index in [1.165, 1.54) is 24.3 Å². The van der Waals surface area contributed by atoms with Crippen molar-refractivity contribution < 1.29 is 13.5 Å². The Morgan fingerprint density at radius 3 is 2.63 bits per heavy atom. The van der Waals surface area contributed by atoms with Crippen molar-refractivity contribution in [2.24, 2.45) is 0 Å². The molecule has 0 bridgehead atoms. The van der Waals surface area contributed by atoms with Gasteiger partial charge in [-0.25, -0.2) is 8.78 Å². The van der Waals surface area contributed by atoms with Crippen LogP contribution >= 0.6 is 0 Å². The van der Waals surface area contributed by atoms with Crippen LogP contribution in [0.4, 0.5) is 8.78 Å². The van der Waals surface area contributed by atoms with Gasteiger partial charge in [0, 0.05) is 5.56 Å². The molecule has 1 aliphatic heterocycles. The number of hydrogen-bond donors (Lipinski definition) is 0. The van der Waals surface area contributed by atoms with Gasteiger partial charge in [-0.1, -0.05) is 6.07 Å². The molecule has 0 unspecified atom stereocenters. The predicted octanol–water partition coefficient (Wildman–Crippen LogP) is 4.27. The molecule has 2 aromatic carbocycles. The summed E-state index contributed by atoms with van der Waals surface area (Å²) in [4.78, 5) is 0. The van der Waals surface area contributed by atoms with Crippen LogP contribution in [-0.4, -0.2) is 6.61 Å². The van der Waals surface area contributed by atoms with Gasteiger partial charge in [-0.15, -0.1) is 0 Å². The first-order valence-corrected chi connectivity index (χ1v) is 6.37. The van der Waals surface area contributed by atoms with Crippen LogP contribution in [0.3, 0.4) is 0 Å². The van der Waals surface area contributed by atoms with Crippen molar-refractivity contribution in [3.8, 4) is 16.9 Å². The van der Waals surface area contributed by atoms with E-state index in [0.717, 1.165) is 24.0 Å². The molecule has 0 saturated carbocycles. The van der Waals surface area contributed by atoms with Gasteiger partial charge in [0.2, 0.25) is 0 Å². The maximum Gasteiger partial charge on any atom is 0.130 e. The first kappa shape index (κ1) is 12.2. The first-order chi connectivity index (χ1) is 9.15. The summed E-state index contributed by atoms with van der Waals surface area (Å²) >= 11 is 0.